The fraction of sp³-hybridized carbons (Fsp3) is 0.286. The van der Waals surface area contributed by atoms with Crippen molar-refractivity contribution in [3.63, 3.8) is 0 Å². The van der Waals surface area contributed by atoms with Crippen molar-refractivity contribution < 1.29 is 0 Å². The van der Waals surface area contributed by atoms with E-state index in [0.29, 0.717) is 11.6 Å². The lowest BCUT2D eigenvalue weighted by Crippen LogP contribution is -2.39. The molecule has 0 N–H and O–H groups in total. The summed E-state index contributed by atoms with van der Waals surface area (Å²) in [6.45, 7) is 4.52. The molecule has 0 atom stereocenters. The van der Waals surface area contributed by atoms with Crippen molar-refractivity contribution in [1.29, 1.82) is 0 Å². The summed E-state index contributed by atoms with van der Waals surface area (Å²) in [5, 5.41) is 0.568. The molecular formula is C14H15ClN2O2. The molecule has 100 valence electrons. The molecule has 1 aromatic heterocycles. The van der Waals surface area contributed by atoms with Crippen LogP contribution >= 0.6 is 11.6 Å². The average molecular weight is 279 g/mol. The number of aromatic nitrogens is 2. The standard InChI is InChI=1S/C14H15ClN2O2/c1-3-16-7-6-13(18)17(14(16)19)9-11-5-4-10(2)8-12(11)15/h4-8H,3,9H2,1-2H3. The van der Waals surface area contributed by atoms with Gasteiger partial charge in [-0.3, -0.25) is 9.36 Å². The van der Waals surface area contributed by atoms with Crippen LogP contribution < -0.4 is 11.2 Å². The number of rotatable bonds is 3. The number of hydrogen-bond donors (Lipinski definition) is 0. The summed E-state index contributed by atoms with van der Waals surface area (Å²) in [6.07, 6.45) is 1.51. The van der Waals surface area contributed by atoms with Gasteiger partial charge in [0.1, 0.15) is 0 Å². The highest BCUT2D eigenvalue weighted by Gasteiger charge is 2.07. The first kappa shape index (κ1) is 13.6. The summed E-state index contributed by atoms with van der Waals surface area (Å²) >= 11 is 6.13. The number of halogens is 1. The van der Waals surface area contributed by atoms with Gasteiger partial charge < -0.3 is 4.57 Å². The Hall–Kier alpha value is -1.81. The molecule has 4 nitrogen and oxygen atoms in total. The Morgan fingerprint density at radius 3 is 2.58 bits per heavy atom. The third-order valence-corrected chi connectivity index (χ3v) is 3.37. The SMILES string of the molecule is CCn1ccc(=O)n(Cc2ccc(C)cc2Cl)c1=O. The molecule has 0 aliphatic carbocycles. The summed E-state index contributed by atoms with van der Waals surface area (Å²) in [5.74, 6) is 0. The maximum Gasteiger partial charge on any atom is 0.331 e. The van der Waals surface area contributed by atoms with E-state index in [4.69, 9.17) is 11.6 Å². The maximum atomic E-state index is 12.1. The van der Waals surface area contributed by atoms with Crippen molar-refractivity contribution >= 4 is 11.6 Å². The Morgan fingerprint density at radius 1 is 1.21 bits per heavy atom. The van der Waals surface area contributed by atoms with Gasteiger partial charge in [-0.1, -0.05) is 23.7 Å². The van der Waals surface area contributed by atoms with Crippen LogP contribution in [0.4, 0.5) is 0 Å². The van der Waals surface area contributed by atoms with E-state index in [1.54, 1.807) is 0 Å². The minimum Gasteiger partial charge on any atom is -0.301 e. The molecule has 1 heterocycles. The van der Waals surface area contributed by atoms with Crippen molar-refractivity contribution in [2.24, 2.45) is 0 Å². The maximum absolute atomic E-state index is 12.1. The first-order valence-corrected chi connectivity index (χ1v) is 6.46. The summed E-state index contributed by atoms with van der Waals surface area (Å²) in [5.41, 5.74) is 1.18. The minimum absolute atomic E-state index is 0.192. The van der Waals surface area contributed by atoms with E-state index in [-0.39, 0.29) is 17.8 Å². The zero-order valence-corrected chi connectivity index (χ0v) is 11.6. The Kier molecular flexibility index (Phi) is 3.90. The molecule has 19 heavy (non-hydrogen) atoms. The van der Waals surface area contributed by atoms with E-state index in [9.17, 15) is 9.59 Å². The summed E-state index contributed by atoms with van der Waals surface area (Å²) in [4.78, 5) is 23.9. The molecule has 0 amide bonds. The molecule has 0 unspecified atom stereocenters. The Morgan fingerprint density at radius 2 is 1.95 bits per heavy atom. The average Bonchev–Trinajstić information content (AvgIpc) is 2.37. The monoisotopic (exact) mass is 278 g/mol. The normalized spacial score (nSPS) is 10.7. The van der Waals surface area contributed by atoms with Crippen molar-refractivity contribution in [2.75, 3.05) is 0 Å². The lowest BCUT2D eigenvalue weighted by atomic mass is 10.1. The van der Waals surface area contributed by atoms with Gasteiger partial charge in [0.2, 0.25) is 0 Å². The van der Waals surface area contributed by atoms with Crippen LogP contribution in [0.5, 0.6) is 0 Å². The predicted molar refractivity (Wildman–Crippen MR) is 75.9 cm³/mol. The van der Waals surface area contributed by atoms with E-state index in [1.807, 2.05) is 32.0 Å². The Balaban J connectivity index is 2.49. The van der Waals surface area contributed by atoms with E-state index in [2.05, 4.69) is 0 Å². The van der Waals surface area contributed by atoms with Crippen LogP contribution in [0.15, 0.2) is 40.1 Å². The van der Waals surface area contributed by atoms with Gasteiger partial charge >= 0.3 is 5.69 Å². The Bertz CT molecular complexity index is 716. The van der Waals surface area contributed by atoms with Crippen molar-refractivity contribution in [3.8, 4) is 0 Å². The Labute approximate surface area is 115 Å². The third kappa shape index (κ3) is 2.79. The molecule has 0 radical (unpaired) electrons. The van der Waals surface area contributed by atoms with Crippen LogP contribution in [0.2, 0.25) is 5.02 Å². The second-order valence-electron chi connectivity index (χ2n) is 4.40. The first-order chi connectivity index (χ1) is 9.02. The van der Waals surface area contributed by atoms with Crippen LogP contribution in [0.3, 0.4) is 0 Å². The van der Waals surface area contributed by atoms with Crippen LogP contribution in [0.25, 0.3) is 0 Å². The highest BCUT2D eigenvalue weighted by Crippen LogP contribution is 2.17. The number of aryl methyl sites for hydroxylation is 2. The molecule has 0 bridgehead atoms. The lowest BCUT2D eigenvalue weighted by molar-refractivity contribution is 0.600. The second-order valence-corrected chi connectivity index (χ2v) is 4.81. The molecular weight excluding hydrogens is 264 g/mol. The van der Waals surface area contributed by atoms with Gasteiger partial charge in [-0.2, -0.15) is 0 Å². The molecule has 2 aromatic rings. The van der Waals surface area contributed by atoms with Gasteiger partial charge in [0.15, 0.2) is 0 Å². The predicted octanol–water partition coefficient (Wildman–Crippen LogP) is 2.04. The summed E-state index contributed by atoms with van der Waals surface area (Å²) in [6, 6.07) is 6.97. The number of nitrogens with zero attached hydrogens (tertiary/aromatic N) is 2. The van der Waals surface area contributed by atoms with Gasteiger partial charge in [0, 0.05) is 23.8 Å². The van der Waals surface area contributed by atoms with E-state index < -0.39 is 0 Å². The molecule has 2 rings (SSSR count). The van der Waals surface area contributed by atoms with Crippen molar-refractivity contribution in [2.45, 2.75) is 26.9 Å². The molecule has 0 aliphatic heterocycles. The number of benzene rings is 1. The molecule has 0 saturated carbocycles. The largest absolute Gasteiger partial charge is 0.331 e. The smallest absolute Gasteiger partial charge is 0.301 e. The topological polar surface area (TPSA) is 44.0 Å². The summed E-state index contributed by atoms with van der Waals surface area (Å²) < 4.78 is 2.68. The fourth-order valence-corrected chi connectivity index (χ4v) is 2.19. The van der Waals surface area contributed by atoms with E-state index in [0.717, 1.165) is 11.1 Å². The zero-order chi connectivity index (χ0) is 14.0. The van der Waals surface area contributed by atoms with E-state index >= 15 is 0 Å². The highest BCUT2D eigenvalue weighted by atomic mass is 35.5. The minimum atomic E-state index is -0.314. The molecule has 1 aromatic carbocycles. The molecule has 5 heteroatoms. The molecule has 0 aliphatic rings. The first-order valence-electron chi connectivity index (χ1n) is 6.08. The quantitative estimate of drug-likeness (QED) is 0.862. The van der Waals surface area contributed by atoms with Crippen LogP contribution in [-0.2, 0) is 13.1 Å². The van der Waals surface area contributed by atoms with Gasteiger partial charge in [-0.25, -0.2) is 4.79 Å². The van der Waals surface area contributed by atoms with Crippen molar-refractivity contribution in [3.05, 3.63) is 67.4 Å². The summed E-state index contributed by atoms with van der Waals surface area (Å²) in [7, 11) is 0. The number of hydrogen-bond acceptors (Lipinski definition) is 2. The second kappa shape index (κ2) is 5.45. The van der Waals surface area contributed by atoms with Gasteiger partial charge in [-0.05, 0) is 31.0 Å². The molecule has 0 saturated heterocycles. The fourth-order valence-electron chi connectivity index (χ4n) is 1.89. The van der Waals surface area contributed by atoms with Crippen LogP contribution in [-0.4, -0.2) is 9.13 Å². The third-order valence-electron chi connectivity index (χ3n) is 3.02. The van der Waals surface area contributed by atoms with Gasteiger partial charge in [0.05, 0.1) is 6.54 Å². The van der Waals surface area contributed by atoms with Gasteiger partial charge in [0.25, 0.3) is 5.56 Å². The van der Waals surface area contributed by atoms with E-state index in [1.165, 1.54) is 21.4 Å². The lowest BCUT2D eigenvalue weighted by Gasteiger charge is -2.09. The van der Waals surface area contributed by atoms with Crippen LogP contribution in [0.1, 0.15) is 18.1 Å². The van der Waals surface area contributed by atoms with Crippen LogP contribution in [0, 0.1) is 6.92 Å². The van der Waals surface area contributed by atoms with Crippen molar-refractivity contribution in [1.82, 2.24) is 9.13 Å². The highest BCUT2D eigenvalue weighted by molar-refractivity contribution is 6.31. The zero-order valence-electron chi connectivity index (χ0n) is 10.9. The molecule has 0 spiro atoms. The van der Waals surface area contributed by atoms with Gasteiger partial charge in [-0.15, -0.1) is 0 Å². The molecule has 0 fully saturated rings.